The van der Waals surface area contributed by atoms with Crippen LogP contribution in [0, 0.1) is 5.92 Å². The fraction of sp³-hybridized carbons (Fsp3) is 0.500. The molecule has 0 unspecified atom stereocenters. The maximum absolute atomic E-state index is 13.5. The maximum Gasteiger partial charge on any atom is 0.338 e. The predicted octanol–water partition coefficient (Wildman–Crippen LogP) is 4.03. The number of fused-ring (bicyclic) bond motifs is 1. The molecule has 0 aromatic heterocycles. The van der Waals surface area contributed by atoms with Crippen LogP contribution in [0.15, 0.2) is 45.6 Å². The number of carbonyl (C=O) groups excluding carboxylic acids is 3. The number of hydrogen-bond acceptors (Lipinski definition) is 10. The van der Waals surface area contributed by atoms with Crippen molar-refractivity contribution in [2.45, 2.75) is 45.6 Å². The molecule has 0 saturated carbocycles. The van der Waals surface area contributed by atoms with Gasteiger partial charge in [0.25, 0.3) is 0 Å². The highest BCUT2D eigenvalue weighted by Crippen LogP contribution is 2.48. The number of hydrogen-bond donors (Lipinski definition) is 0. The molecule has 3 heterocycles. The number of benzene rings is 1. The van der Waals surface area contributed by atoms with Crippen LogP contribution in [-0.4, -0.2) is 73.8 Å². The molecule has 3 aliphatic rings. The smallest absolute Gasteiger partial charge is 0.338 e. The number of likely N-dealkylation sites (tertiary alicyclic amines) is 1. The van der Waals surface area contributed by atoms with Crippen molar-refractivity contribution in [3.63, 3.8) is 0 Å². The zero-order valence-electron chi connectivity index (χ0n) is 23.0. The zero-order chi connectivity index (χ0) is 28.1. The Hall–Kier alpha value is -3.47. The third kappa shape index (κ3) is 5.78. The highest BCUT2D eigenvalue weighted by molar-refractivity contribution is 8.16. The van der Waals surface area contributed by atoms with Crippen LogP contribution >= 0.6 is 11.8 Å². The van der Waals surface area contributed by atoms with Gasteiger partial charge in [0.15, 0.2) is 5.17 Å². The Morgan fingerprint density at radius 3 is 2.59 bits per heavy atom. The van der Waals surface area contributed by atoms with Crippen molar-refractivity contribution in [1.82, 2.24) is 9.80 Å². The van der Waals surface area contributed by atoms with E-state index >= 15 is 0 Å². The Kier molecular flexibility index (Phi) is 9.21. The van der Waals surface area contributed by atoms with Crippen LogP contribution in [0.4, 0.5) is 0 Å². The molecule has 10 nitrogen and oxygen atoms in total. The molecule has 0 radical (unpaired) electrons. The summed E-state index contributed by atoms with van der Waals surface area (Å²) < 4.78 is 21.5. The minimum atomic E-state index is -0.622. The number of rotatable bonds is 9. The highest BCUT2D eigenvalue weighted by atomic mass is 32.2. The number of aliphatic imine (C=N–C) groups is 1. The first-order chi connectivity index (χ1) is 18.9. The third-order valence-corrected chi connectivity index (χ3v) is 7.98. The minimum absolute atomic E-state index is 0.0897. The van der Waals surface area contributed by atoms with E-state index in [1.54, 1.807) is 32.1 Å². The number of amidine groups is 1. The van der Waals surface area contributed by atoms with Crippen LogP contribution in [0.25, 0.3) is 0 Å². The van der Waals surface area contributed by atoms with Gasteiger partial charge in [-0.1, -0.05) is 18.7 Å². The van der Waals surface area contributed by atoms with Gasteiger partial charge in [0.2, 0.25) is 5.91 Å². The topological polar surface area (TPSA) is 107 Å². The van der Waals surface area contributed by atoms with E-state index in [-0.39, 0.29) is 24.2 Å². The van der Waals surface area contributed by atoms with E-state index in [4.69, 9.17) is 23.9 Å². The standard InChI is InChI=1S/C28H35N3O7S/c1-6-21-24(27(34)37-5)25(20-11-10-19(35-3)14-22(20)36-4)31-18(16-39-28(31)29-21)13-23(32)30-12-8-9-17(15-30)26(33)38-7-2/h10-11,14,16-17,25H,6-9,12-13,15H2,1-5H3/t17-,25-/m0/s1. The summed E-state index contributed by atoms with van der Waals surface area (Å²) in [6.07, 6.45) is 2.05. The fourth-order valence-electron chi connectivity index (χ4n) is 5.17. The lowest BCUT2D eigenvalue weighted by molar-refractivity contribution is -0.151. The van der Waals surface area contributed by atoms with Gasteiger partial charge >= 0.3 is 11.9 Å². The molecule has 1 fully saturated rings. The monoisotopic (exact) mass is 557 g/mol. The van der Waals surface area contributed by atoms with Crippen molar-refractivity contribution >= 4 is 34.8 Å². The Morgan fingerprint density at radius 1 is 1.13 bits per heavy atom. The molecular formula is C28H35N3O7S. The van der Waals surface area contributed by atoms with Crippen molar-refractivity contribution in [3.05, 3.63) is 46.1 Å². The van der Waals surface area contributed by atoms with Gasteiger partial charge in [-0.3, -0.25) is 9.59 Å². The van der Waals surface area contributed by atoms with Gasteiger partial charge in [-0.25, -0.2) is 9.79 Å². The number of esters is 2. The number of amides is 1. The molecule has 11 heteroatoms. The number of ether oxygens (including phenoxy) is 4. The minimum Gasteiger partial charge on any atom is -0.497 e. The van der Waals surface area contributed by atoms with Gasteiger partial charge in [0, 0.05) is 30.4 Å². The first-order valence-corrected chi connectivity index (χ1v) is 14.0. The quantitative estimate of drug-likeness (QED) is 0.416. The largest absolute Gasteiger partial charge is 0.497 e. The molecule has 1 saturated heterocycles. The van der Waals surface area contributed by atoms with Crippen molar-refractivity contribution < 1.29 is 33.3 Å². The van der Waals surface area contributed by atoms with Gasteiger partial charge in [-0.05, 0) is 43.7 Å². The Morgan fingerprint density at radius 2 is 1.92 bits per heavy atom. The molecule has 1 aromatic carbocycles. The van der Waals surface area contributed by atoms with Crippen molar-refractivity contribution in [3.8, 4) is 11.5 Å². The third-order valence-electron chi connectivity index (χ3n) is 7.09. The van der Waals surface area contributed by atoms with Crippen molar-refractivity contribution in [2.75, 3.05) is 41.0 Å². The van der Waals surface area contributed by atoms with E-state index in [0.29, 0.717) is 66.2 Å². The number of piperidine rings is 1. The molecule has 1 amide bonds. The van der Waals surface area contributed by atoms with Crippen LogP contribution in [0.5, 0.6) is 11.5 Å². The second-order valence-electron chi connectivity index (χ2n) is 9.32. The average molecular weight is 558 g/mol. The lowest BCUT2D eigenvalue weighted by Gasteiger charge is -2.38. The number of nitrogens with zero attached hydrogens (tertiary/aromatic N) is 3. The molecule has 1 aromatic rings. The van der Waals surface area contributed by atoms with Crippen LogP contribution in [-0.2, 0) is 23.9 Å². The molecule has 0 N–H and O–H groups in total. The van der Waals surface area contributed by atoms with Crippen molar-refractivity contribution in [1.29, 1.82) is 0 Å². The summed E-state index contributed by atoms with van der Waals surface area (Å²) in [6, 6.07) is 4.81. The van der Waals surface area contributed by atoms with E-state index in [2.05, 4.69) is 0 Å². The molecule has 0 spiro atoms. The predicted molar refractivity (Wildman–Crippen MR) is 147 cm³/mol. The molecule has 39 heavy (non-hydrogen) atoms. The van der Waals surface area contributed by atoms with Gasteiger partial charge in [-0.15, -0.1) is 0 Å². The summed E-state index contributed by atoms with van der Waals surface area (Å²) in [4.78, 5) is 47.4. The van der Waals surface area contributed by atoms with E-state index in [9.17, 15) is 14.4 Å². The van der Waals surface area contributed by atoms with Gasteiger partial charge < -0.3 is 28.7 Å². The molecular weight excluding hydrogens is 522 g/mol. The Balaban J connectivity index is 1.68. The van der Waals surface area contributed by atoms with E-state index in [0.717, 1.165) is 12.0 Å². The van der Waals surface area contributed by atoms with Crippen molar-refractivity contribution in [2.24, 2.45) is 10.9 Å². The van der Waals surface area contributed by atoms with Gasteiger partial charge in [0.05, 0.1) is 57.6 Å². The first kappa shape index (κ1) is 28.5. The SMILES string of the molecule is CCOC(=O)[C@H]1CCCN(C(=O)CC2=CSC3=NC(CC)=C(C(=O)OC)[C@H](c4ccc(OC)cc4OC)N23)C1. The van der Waals surface area contributed by atoms with Gasteiger partial charge in [0.1, 0.15) is 11.5 Å². The summed E-state index contributed by atoms with van der Waals surface area (Å²) in [5, 5.41) is 2.58. The molecule has 210 valence electrons. The zero-order valence-corrected chi connectivity index (χ0v) is 23.8. The lowest BCUT2D eigenvalue weighted by atomic mass is 9.92. The van der Waals surface area contributed by atoms with Gasteiger partial charge in [-0.2, -0.15) is 0 Å². The highest BCUT2D eigenvalue weighted by Gasteiger charge is 2.43. The summed E-state index contributed by atoms with van der Waals surface area (Å²) in [5.41, 5.74) is 2.45. The normalized spacial score (nSPS) is 20.6. The summed E-state index contributed by atoms with van der Waals surface area (Å²) in [6.45, 7) is 4.95. The van der Waals surface area contributed by atoms with E-state index in [1.807, 2.05) is 29.4 Å². The van der Waals surface area contributed by atoms with E-state index < -0.39 is 12.0 Å². The molecule has 4 rings (SSSR count). The molecule has 3 aliphatic heterocycles. The number of thioether (sulfide) groups is 1. The van der Waals surface area contributed by atoms with Crippen LogP contribution in [0.2, 0.25) is 0 Å². The summed E-state index contributed by atoms with van der Waals surface area (Å²) >= 11 is 1.41. The summed E-state index contributed by atoms with van der Waals surface area (Å²) in [5.74, 6) is -0.0199. The lowest BCUT2D eigenvalue weighted by Crippen LogP contribution is -2.44. The number of carbonyl (C=O) groups is 3. The molecule has 2 atom stereocenters. The van der Waals surface area contributed by atoms with Crippen LogP contribution in [0.1, 0.15) is 51.1 Å². The number of allylic oxidation sites excluding steroid dienone is 1. The Bertz CT molecular complexity index is 1230. The molecule has 0 aliphatic carbocycles. The van der Waals surface area contributed by atoms with Crippen LogP contribution < -0.4 is 9.47 Å². The maximum atomic E-state index is 13.5. The van der Waals surface area contributed by atoms with E-state index in [1.165, 1.54) is 18.9 Å². The average Bonchev–Trinajstić information content (AvgIpc) is 3.37. The Labute approximate surface area is 233 Å². The van der Waals surface area contributed by atoms with Crippen LogP contribution in [0.3, 0.4) is 0 Å². The number of methoxy groups -OCH3 is 3. The molecule has 0 bridgehead atoms. The summed E-state index contributed by atoms with van der Waals surface area (Å²) in [7, 11) is 4.48. The fourth-order valence-corrected chi connectivity index (χ4v) is 6.11. The second kappa shape index (κ2) is 12.6. The first-order valence-electron chi connectivity index (χ1n) is 13.1. The second-order valence-corrected chi connectivity index (χ2v) is 10.2.